The number of nitro benzene ring substituents is 1. The fourth-order valence-electron chi connectivity index (χ4n) is 7.13. The smallest absolute Gasteiger partial charge is 0.273 e. The Balaban J connectivity index is 1.45. The highest BCUT2D eigenvalue weighted by Gasteiger charge is 2.42. The molecule has 0 amide bonds. The minimum atomic E-state index is -0.420. The second-order valence-electron chi connectivity index (χ2n) is 12.3. The molecule has 4 heterocycles. The normalized spacial score (nSPS) is 21.6. The summed E-state index contributed by atoms with van der Waals surface area (Å²) in [5.74, 6) is 1.63. The van der Waals surface area contributed by atoms with Gasteiger partial charge in [-0.05, 0) is 92.4 Å². The molecule has 0 bridgehead atoms. The van der Waals surface area contributed by atoms with Crippen LogP contribution in [0.1, 0.15) is 55.0 Å². The number of non-ortho nitro benzene ring substituents is 1. The molecule has 4 atom stereocenters. The van der Waals surface area contributed by atoms with Gasteiger partial charge < -0.3 is 24.4 Å². The first-order valence-corrected chi connectivity index (χ1v) is 15.9. The largest absolute Gasteiger partial charge is 0.494 e. The van der Waals surface area contributed by atoms with Crippen LogP contribution < -0.4 is 19.9 Å². The lowest BCUT2D eigenvalue weighted by Gasteiger charge is -2.37. The summed E-state index contributed by atoms with van der Waals surface area (Å²) >= 11 is 13.0. The number of ether oxygens (including phenoxy) is 1. The van der Waals surface area contributed by atoms with Crippen molar-refractivity contribution in [3.05, 3.63) is 105 Å². The third-order valence-electron chi connectivity index (χ3n) is 8.92. The van der Waals surface area contributed by atoms with Crippen LogP contribution in [-0.4, -0.2) is 39.8 Å². The van der Waals surface area contributed by atoms with E-state index in [2.05, 4.69) is 51.7 Å². The predicted molar refractivity (Wildman–Crippen MR) is 183 cm³/mol. The minimum Gasteiger partial charge on any atom is -0.494 e. The van der Waals surface area contributed by atoms with Gasteiger partial charge in [0, 0.05) is 42.4 Å². The fraction of sp³-hybridized carbons (Fsp3) is 0.353. The third kappa shape index (κ3) is 5.73. The highest BCUT2D eigenvalue weighted by molar-refractivity contribution is 7.80. The van der Waals surface area contributed by atoms with Crippen LogP contribution in [0, 0.1) is 35.8 Å². The molecule has 234 valence electrons. The van der Waals surface area contributed by atoms with Gasteiger partial charge >= 0.3 is 0 Å². The van der Waals surface area contributed by atoms with Gasteiger partial charge in [-0.15, -0.1) is 0 Å². The van der Waals surface area contributed by atoms with Crippen LogP contribution in [0.25, 0.3) is 5.69 Å². The van der Waals surface area contributed by atoms with E-state index in [4.69, 9.17) is 33.5 Å². The van der Waals surface area contributed by atoms with E-state index in [1.807, 2.05) is 38.1 Å². The highest BCUT2D eigenvalue weighted by Crippen LogP contribution is 2.46. The predicted octanol–water partition coefficient (Wildman–Crippen LogP) is 7.72. The molecule has 2 aromatic heterocycles. The first kappa shape index (κ1) is 30.9. The van der Waals surface area contributed by atoms with Crippen LogP contribution in [0.5, 0.6) is 5.75 Å². The molecule has 2 saturated heterocycles. The van der Waals surface area contributed by atoms with Crippen LogP contribution in [0.3, 0.4) is 0 Å². The summed E-state index contributed by atoms with van der Waals surface area (Å²) < 4.78 is 7.69. The summed E-state index contributed by atoms with van der Waals surface area (Å²) in [6, 6.07) is 18.4. The lowest BCUT2D eigenvalue weighted by atomic mass is 9.91. The van der Waals surface area contributed by atoms with E-state index in [1.54, 1.807) is 12.3 Å². The van der Waals surface area contributed by atoms with Crippen molar-refractivity contribution in [1.82, 2.24) is 14.9 Å². The Morgan fingerprint density at radius 3 is 2.42 bits per heavy atom. The number of anilines is 2. The Labute approximate surface area is 273 Å². The van der Waals surface area contributed by atoms with Gasteiger partial charge in [-0.3, -0.25) is 15.1 Å². The Hall–Kier alpha value is -4.15. The zero-order chi connectivity index (χ0) is 32.0. The number of hydrogen-bond acceptors (Lipinski definition) is 6. The average Bonchev–Trinajstić information content (AvgIpc) is 3.50. The number of nitrogens with one attached hydrogen (secondary N) is 1. The topological polar surface area (TPSA) is 88.7 Å². The maximum absolute atomic E-state index is 11.5. The van der Waals surface area contributed by atoms with Gasteiger partial charge in [0.05, 0.1) is 52.3 Å². The van der Waals surface area contributed by atoms with Gasteiger partial charge in [-0.25, -0.2) is 0 Å². The number of aromatic nitrogens is 2. The van der Waals surface area contributed by atoms with Crippen molar-refractivity contribution in [2.24, 2.45) is 11.8 Å². The fourth-order valence-corrected chi connectivity index (χ4v) is 7.77. The lowest BCUT2D eigenvalue weighted by Crippen LogP contribution is -2.38. The standard InChI is InChI=1S/C34H37ClN6O3S/c1-20-14-21(2)19-38(18-20)29-11-9-24(16-27(29)35)40-33(32(37-34(40)45)28-8-6-7-13-36-28)26-15-22(3)39(23(26)4)30-12-10-25(41(42)43)17-31(30)44-5/h6-13,15-17,20-21,32-33H,14,18-19H2,1-5H3,(H,37,45)/t20-,21+,32-,33+/m1/s1. The summed E-state index contributed by atoms with van der Waals surface area (Å²) in [6.45, 7) is 10.6. The molecular weight excluding hydrogens is 608 g/mol. The van der Waals surface area contributed by atoms with Gasteiger partial charge in [-0.2, -0.15) is 0 Å². The van der Waals surface area contributed by atoms with Crippen molar-refractivity contribution in [3.63, 3.8) is 0 Å². The number of halogens is 1. The maximum atomic E-state index is 11.5. The Morgan fingerprint density at radius 2 is 1.78 bits per heavy atom. The molecule has 0 spiro atoms. The number of aryl methyl sites for hydroxylation is 1. The van der Waals surface area contributed by atoms with Gasteiger partial charge in [0.15, 0.2) is 5.11 Å². The van der Waals surface area contributed by atoms with E-state index in [1.165, 1.54) is 25.7 Å². The SMILES string of the molecule is COc1cc([N+](=O)[O-])ccc1-n1c(C)cc([C@H]2[C@@H](c3ccccn3)NC(=S)N2c2ccc(N3C[C@H](C)C[C@H](C)C3)c(Cl)c2)c1C. The molecule has 0 saturated carbocycles. The van der Waals surface area contributed by atoms with Gasteiger partial charge in [0.25, 0.3) is 5.69 Å². The molecule has 1 N–H and O–H groups in total. The van der Waals surface area contributed by atoms with E-state index >= 15 is 0 Å². The van der Waals surface area contributed by atoms with Gasteiger partial charge in [0.2, 0.25) is 0 Å². The molecule has 11 heteroatoms. The minimum absolute atomic E-state index is 0.0289. The monoisotopic (exact) mass is 644 g/mol. The molecule has 9 nitrogen and oxygen atoms in total. The number of nitro groups is 1. The number of benzene rings is 2. The van der Waals surface area contributed by atoms with Crippen molar-refractivity contribution >= 4 is 46.0 Å². The van der Waals surface area contributed by atoms with Crippen LogP contribution in [-0.2, 0) is 0 Å². The molecule has 2 aromatic carbocycles. The van der Waals surface area contributed by atoms with Crippen LogP contribution in [0.15, 0.2) is 66.9 Å². The number of rotatable bonds is 7. The molecular formula is C34H37ClN6O3S. The molecule has 0 aliphatic carbocycles. The quantitative estimate of drug-likeness (QED) is 0.124. The van der Waals surface area contributed by atoms with E-state index in [-0.39, 0.29) is 17.8 Å². The van der Waals surface area contributed by atoms with Crippen molar-refractivity contribution in [3.8, 4) is 11.4 Å². The second-order valence-corrected chi connectivity index (χ2v) is 13.1. The molecule has 2 aliphatic heterocycles. The Bertz CT molecular complexity index is 1750. The Kier molecular flexibility index (Phi) is 8.45. The first-order valence-electron chi connectivity index (χ1n) is 15.1. The summed E-state index contributed by atoms with van der Waals surface area (Å²) in [5, 5.41) is 16.3. The maximum Gasteiger partial charge on any atom is 0.273 e. The Morgan fingerprint density at radius 1 is 1.04 bits per heavy atom. The van der Waals surface area contributed by atoms with E-state index in [0.29, 0.717) is 27.7 Å². The van der Waals surface area contributed by atoms with Crippen molar-refractivity contribution < 1.29 is 9.66 Å². The number of hydrogen-bond donors (Lipinski definition) is 1. The highest BCUT2D eigenvalue weighted by atomic mass is 35.5. The van der Waals surface area contributed by atoms with Gasteiger partial charge in [-0.1, -0.05) is 31.5 Å². The lowest BCUT2D eigenvalue weighted by molar-refractivity contribution is -0.384. The zero-order valence-electron chi connectivity index (χ0n) is 26.0. The first-order chi connectivity index (χ1) is 21.6. The van der Waals surface area contributed by atoms with Crippen LogP contribution >= 0.6 is 23.8 Å². The van der Waals surface area contributed by atoms with E-state index in [9.17, 15) is 10.1 Å². The molecule has 45 heavy (non-hydrogen) atoms. The summed E-state index contributed by atoms with van der Waals surface area (Å²) in [7, 11) is 1.52. The van der Waals surface area contributed by atoms with Gasteiger partial charge in [0.1, 0.15) is 5.75 Å². The number of piperidine rings is 1. The summed E-state index contributed by atoms with van der Waals surface area (Å²) in [4.78, 5) is 20.3. The van der Waals surface area contributed by atoms with Crippen LogP contribution in [0.2, 0.25) is 5.02 Å². The number of methoxy groups -OCH3 is 1. The molecule has 0 unspecified atom stereocenters. The molecule has 2 aliphatic rings. The summed E-state index contributed by atoms with van der Waals surface area (Å²) in [5.41, 5.74) is 6.43. The molecule has 2 fully saturated rings. The van der Waals surface area contributed by atoms with E-state index < -0.39 is 4.92 Å². The summed E-state index contributed by atoms with van der Waals surface area (Å²) in [6.07, 6.45) is 3.01. The third-order valence-corrected chi connectivity index (χ3v) is 9.54. The zero-order valence-corrected chi connectivity index (χ0v) is 27.6. The molecule has 6 rings (SSSR count). The van der Waals surface area contributed by atoms with Crippen molar-refractivity contribution in [1.29, 1.82) is 0 Å². The van der Waals surface area contributed by atoms with Crippen LogP contribution in [0.4, 0.5) is 17.1 Å². The van der Waals surface area contributed by atoms with Crippen molar-refractivity contribution in [2.75, 3.05) is 30.0 Å². The average molecular weight is 645 g/mol. The molecule has 0 radical (unpaired) electrons. The number of pyridine rings is 1. The number of thiocarbonyl (C=S) groups is 1. The second kappa shape index (κ2) is 12.3. The molecule has 4 aromatic rings. The number of nitrogens with zero attached hydrogens (tertiary/aromatic N) is 5. The van der Waals surface area contributed by atoms with E-state index in [0.717, 1.165) is 52.8 Å². The van der Waals surface area contributed by atoms with Crippen molar-refractivity contribution in [2.45, 2.75) is 46.2 Å².